The lowest BCUT2D eigenvalue weighted by Crippen LogP contribution is -2.39. The Bertz CT molecular complexity index is 503. The number of fused-ring (bicyclic) bond motifs is 1. The van der Waals surface area contributed by atoms with Gasteiger partial charge in [0.25, 0.3) is 5.91 Å². The summed E-state index contributed by atoms with van der Waals surface area (Å²) in [6.45, 7) is 0.806. The molecule has 1 amide bonds. The van der Waals surface area contributed by atoms with Crippen molar-refractivity contribution in [3.05, 3.63) is 28.8 Å². The van der Waals surface area contributed by atoms with Gasteiger partial charge >= 0.3 is 0 Å². The van der Waals surface area contributed by atoms with Crippen LogP contribution in [0.3, 0.4) is 0 Å². The Kier molecular flexibility index (Phi) is 3.40. The fraction of sp³-hybridized carbons (Fsp3) is 0.533. The molecule has 0 spiro atoms. The number of halogens is 1. The van der Waals surface area contributed by atoms with Crippen LogP contribution in [0.2, 0.25) is 5.02 Å². The van der Waals surface area contributed by atoms with E-state index < -0.39 is 0 Å². The summed E-state index contributed by atoms with van der Waals surface area (Å²) in [6, 6.07) is 5.01. The largest absolute Gasteiger partial charge is 0.507 e. The Hall–Kier alpha value is -1.22. The summed E-state index contributed by atoms with van der Waals surface area (Å²) < 4.78 is 0. The topological polar surface area (TPSA) is 40.5 Å². The van der Waals surface area contributed by atoms with Gasteiger partial charge in [-0.05, 0) is 43.4 Å². The third-order valence-corrected chi connectivity index (χ3v) is 4.70. The number of likely N-dealkylation sites (tertiary alicyclic amines) is 1. The maximum absolute atomic E-state index is 12.6. The molecule has 0 radical (unpaired) electrons. The van der Waals surface area contributed by atoms with Crippen molar-refractivity contribution in [1.82, 2.24) is 4.90 Å². The average Bonchev–Trinajstić information content (AvgIpc) is 2.84. The molecule has 19 heavy (non-hydrogen) atoms. The summed E-state index contributed by atoms with van der Waals surface area (Å²) >= 11 is 5.92. The van der Waals surface area contributed by atoms with E-state index in [1.807, 2.05) is 4.90 Å². The van der Waals surface area contributed by atoms with Crippen LogP contribution in [-0.2, 0) is 0 Å². The number of phenolic OH excluding ortho intramolecular Hbond substituents is 1. The standard InChI is InChI=1S/C15H18ClNO2/c16-11-5-6-14(18)12(9-11)15(19)17-8-7-10-3-1-2-4-13(10)17/h5-6,9-10,13,18H,1-4,7-8H2. The minimum Gasteiger partial charge on any atom is -0.507 e. The van der Waals surface area contributed by atoms with Crippen LogP contribution in [0.1, 0.15) is 42.5 Å². The van der Waals surface area contributed by atoms with Crippen molar-refractivity contribution in [2.45, 2.75) is 38.1 Å². The van der Waals surface area contributed by atoms with E-state index in [2.05, 4.69) is 0 Å². The van der Waals surface area contributed by atoms with Gasteiger partial charge in [-0.3, -0.25) is 4.79 Å². The number of phenols is 1. The number of nitrogens with zero attached hydrogens (tertiary/aromatic N) is 1. The summed E-state index contributed by atoms with van der Waals surface area (Å²) in [7, 11) is 0. The Labute approximate surface area is 118 Å². The normalized spacial score (nSPS) is 26.3. The van der Waals surface area contributed by atoms with Gasteiger partial charge in [0.15, 0.2) is 0 Å². The molecule has 3 rings (SSSR count). The molecule has 2 atom stereocenters. The first-order valence-electron chi connectivity index (χ1n) is 6.96. The first-order valence-corrected chi connectivity index (χ1v) is 7.34. The lowest BCUT2D eigenvalue weighted by Gasteiger charge is -2.31. The summed E-state index contributed by atoms with van der Waals surface area (Å²) in [5, 5.41) is 10.3. The molecule has 3 nitrogen and oxygen atoms in total. The number of rotatable bonds is 1. The summed E-state index contributed by atoms with van der Waals surface area (Å²) in [5.74, 6) is 0.599. The molecule has 2 unspecified atom stereocenters. The second-order valence-electron chi connectivity index (χ2n) is 5.56. The maximum Gasteiger partial charge on any atom is 0.257 e. The van der Waals surface area contributed by atoms with E-state index in [1.165, 1.54) is 25.3 Å². The van der Waals surface area contributed by atoms with E-state index in [1.54, 1.807) is 12.1 Å². The molecule has 102 valence electrons. The predicted octanol–water partition coefficient (Wildman–Crippen LogP) is 3.45. The van der Waals surface area contributed by atoms with Crippen LogP contribution in [0.15, 0.2) is 18.2 Å². The van der Waals surface area contributed by atoms with Crippen molar-refractivity contribution in [3.63, 3.8) is 0 Å². The molecular formula is C15H18ClNO2. The molecule has 1 aromatic rings. The van der Waals surface area contributed by atoms with Gasteiger partial charge in [0.05, 0.1) is 5.56 Å². The lowest BCUT2D eigenvalue weighted by atomic mass is 9.85. The number of amides is 1. The summed E-state index contributed by atoms with van der Waals surface area (Å²) in [5.41, 5.74) is 0.332. The highest BCUT2D eigenvalue weighted by atomic mass is 35.5. The number of aromatic hydroxyl groups is 1. The third-order valence-electron chi connectivity index (χ3n) is 4.46. The number of carbonyl (C=O) groups is 1. The van der Waals surface area contributed by atoms with E-state index in [0.717, 1.165) is 19.4 Å². The molecular weight excluding hydrogens is 262 g/mol. The van der Waals surface area contributed by atoms with Gasteiger partial charge < -0.3 is 10.0 Å². The van der Waals surface area contributed by atoms with E-state index in [9.17, 15) is 9.90 Å². The van der Waals surface area contributed by atoms with E-state index in [4.69, 9.17) is 11.6 Å². The second-order valence-corrected chi connectivity index (χ2v) is 6.00. The van der Waals surface area contributed by atoms with Gasteiger partial charge in [-0.25, -0.2) is 0 Å². The molecule has 1 N–H and O–H groups in total. The number of carbonyl (C=O) groups excluding carboxylic acids is 1. The van der Waals surface area contributed by atoms with Gasteiger partial charge in [-0.2, -0.15) is 0 Å². The van der Waals surface area contributed by atoms with E-state index in [0.29, 0.717) is 22.5 Å². The molecule has 1 saturated heterocycles. The monoisotopic (exact) mass is 279 g/mol. The molecule has 1 heterocycles. The first kappa shape index (κ1) is 12.8. The lowest BCUT2D eigenvalue weighted by molar-refractivity contribution is 0.0687. The van der Waals surface area contributed by atoms with Crippen molar-refractivity contribution in [2.75, 3.05) is 6.54 Å². The van der Waals surface area contributed by atoms with Gasteiger partial charge in [0.1, 0.15) is 5.75 Å². The smallest absolute Gasteiger partial charge is 0.257 e. The quantitative estimate of drug-likeness (QED) is 0.855. The zero-order valence-electron chi connectivity index (χ0n) is 10.8. The van der Waals surface area contributed by atoms with Gasteiger partial charge in [-0.15, -0.1) is 0 Å². The van der Waals surface area contributed by atoms with Crippen LogP contribution in [-0.4, -0.2) is 28.5 Å². The van der Waals surface area contributed by atoms with Crippen LogP contribution < -0.4 is 0 Å². The molecule has 0 aromatic heterocycles. The van der Waals surface area contributed by atoms with Gasteiger partial charge in [0.2, 0.25) is 0 Å². The zero-order valence-corrected chi connectivity index (χ0v) is 11.6. The van der Waals surface area contributed by atoms with Crippen molar-refractivity contribution >= 4 is 17.5 Å². The molecule has 2 aliphatic rings. The van der Waals surface area contributed by atoms with Crippen LogP contribution in [0.25, 0.3) is 0 Å². The second kappa shape index (κ2) is 5.04. The Morgan fingerprint density at radius 1 is 1.26 bits per heavy atom. The fourth-order valence-electron chi connectivity index (χ4n) is 3.49. The zero-order chi connectivity index (χ0) is 13.4. The highest BCUT2D eigenvalue weighted by Gasteiger charge is 2.38. The highest BCUT2D eigenvalue weighted by molar-refractivity contribution is 6.31. The van der Waals surface area contributed by atoms with Crippen LogP contribution in [0.5, 0.6) is 5.75 Å². The van der Waals surface area contributed by atoms with Crippen LogP contribution in [0.4, 0.5) is 0 Å². The number of hydrogen-bond donors (Lipinski definition) is 1. The van der Waals surface area contributed by atoms with Gasteiger partial charge in [-0.1, -0.05) is 24.4 Å². The van der Waals surface area contributed by atoms with E-state index in [-0.39, 0.29) is 11.7 Å². The molecule has 2 fully saturated rings. The summed E-state index contributed by atoms with van der Waals surface area (Å²) in [6.07, 6.45) is 5.91. The molecule has 0 bridgehead atoms. The van der Waals surface area contributed by atoms with Crippen LogP contribution in [0, 0.1) is 5.92 Å². The summed E-state index contributed by atoms with van der Waals surface area (Å²) in [4.78, 5) is 14.5. The molecule has 1 aliphatic carbocycles. The Morgan fingerprint density at radius 3 is 2.89 bits per heavy atom. The third kappa shape index (κ3) is 2.32. The average molecular weight is 280 g/mol. The van der Waals surface area contributed by atoms with Crippen molar-refractivity contribution < 1.29 is 9.90 Å². The van der Waals surface area contributed by atoms with Gasteiger partial charge in [0, 0.05) is 17.6 Å². The Balaban J connectivity index is 1.85. The molecule has 4 heteroatoms. The van der Waals surface area contributed by atoms with Crippen molar-refractivity contribution in [3.8, 4) is 5.75 Å². The molecule has 1 saturated carbocycles. The fourth-order valence-corrected chi connectivity index (χ4v) is 3.66. The van der Waals surface area contributed by atoms with Crippen LogP contribution >= 0.6 is 11.6 Å². The maximum atomic E-state index is 12.6. The van der Waals surface area contributed by atoms with Crippen molar-refractivity contribution in [1.29, 1.82) is 0 Å². The van der Waals surface area contributed by atoms with E-state index >= 15 is 0 Å². The SMILES string of the molecule is O=C(c1cc(Cl)ccc1O)N1CCC2CCCCC21. The minimum absolute atomic E-state index is 0.0219. The molecule has 1 aliphatic heterocycles. The number of hydrogen-bond acceptors (Lipinski definition) is 2. The number of benzene rings is 1. The molecule has 1 aromatic carbocycles. The highest BCUT2D eigenvalue weighted by Crippen LogP contribution is 2.37. The van der Waals surface area contributed by atoms with Crippen molar-refractivity contribution in [2.24, 2.45) is 5.92 Å². The predicted molar refractivity (Wildman–Crippen MR) is 74.5 cm³/mol. The minimum atomic E-state index is -0.0746. The Morgan fingerprint density at radius 2 is 2.05 bits per heavy atom. The first-order chi connectivity index (χ1) is 9.16.